The van der Waals surface area contributed by atoms with Crippen LogP contribution in [0.5, 0.6) is 0 Å². The van der Waals surface area contributed by atoms with Gasteiger partial charge in [-0.2, -0.15) is 0 Å². The Kier molecular flexibility index (Phi) is 6.30. The number of rotatable bonds is 5. The summed E-state index contributed by atoms with van der Waals surface area (Å²) in [6.45, 7) is 2.93. The van der Waals surface area contributed by atoms with E-state index < -0.39 is 17.9 Å². The maximum Gasteiger partial charge on any atom is 0.308 e. The lowest BCUT2D eigenvalue weighted by Gasteiger charge is -2.36. The largest absolute Gasteiger partial charge is 0.466 e. The molecule has 1 atom stereocenters. The number of ether oxygens (including phenoxy) is 1. The van der Waals surface area contributed by atoms with Crippen LogP contribution in [0.2, 0.25) is 0 Å². The molecule has 0 radical (unpaired) electrons. The van der Waals surface area contributed by atoms with Crippen LogP contribution in [0.4, 0.5) is 0 Å². The number of furan rings is 1. The Morgan fingerprint density at radius 1 is 1.54 bits per heavy atom. The zero-order valence-corrected chi connectivity index (χ0v) is 14.1. The van der Waals surface area contributed by atoms with E-state index in [1.54, 1.807) is 6.07 Å². The molecule has 8 nitrogen and oxygen atoms in total. The number of hydrogen-bond acceptors (Lipinski definition) is 6. The van der Waals surface area contributed by atoms with Crippen LogP contribution in [0, 0.1) is 0 Å². The third-order valence-electron chi connectivity index (χ3n) is 3.38. The summed E-state index contributed by atoms with van der Waals surface area (Å²) in [4.78, 5) is 37.4. The van der Waals surface area contributed by atoms with Crippen LogP contribution in [-0.2, 0) is 14.3 Å². The van der Waals surface area contributed by atoms with Crippen molar-refractivity contribution in [2.24, 2.45) is 0 Å². The van der Waals surface area contributed by atoms with Crippen molar-refractivity contribution in [3.8, 4) is 0 Å². The van der Waals surface area contributed by atoms with Crippen LogP contribution in [0.3, 0.4) is 0 Å². The normalized spacial score (nSPS) is 17.1. The number of esters is 1. The molecule has 1 fully saturated rings. The maximum atomic E-state index is 12.1. The first kappa shape index (κ1) is 17.9. The Bertz CT molecular complexity index is 617. The zero-order valence-electron chi connectivity index (χ0n) is 13.2. The molecule has 2 N–H and O–H groups in total. The van der Waals surface area contributed by atoms with E-state index in [-0.39, 0.29) is 23.2 Å². The van der Waals surface area contributed by atoms with E-state index in [0.29, 0.717) is 26.1 Å². The average Bonchev–Trinajstić information content (AvgIpc) is 3.09. The van der Waals surface area contributed by atoms with Crippen molar-refractivity contribution in [1.29, 1.82) is 0 Å². The van der Waals surface area contributed by atoms with Gasteiger partial charge in [-0.15, -0.1) is 0 Å². The molecule has 130 valence electrons. The second-order valence-corrected chi connectivity index (χ2v) is 5.55. The monoisotopic (exact) mass is 353 g/mol. The first-order chi connectivity index (χ1) is 11.5. The molecule has 9 heteroatoms. The number of thiocarbonyl (C=S) groups is 1. The van der Waals surface area contributed by atoms with Gasteiger partial charge in [-0.25, -0.2) is 0 Å². The molecule has 0 aliphatic carbocycles. The minimum Gasteiger partial charge on any atom is -0.466 e. The zero-order chi connectivity index (χ0) is 17.5. The van der Waals surface area contributed by atoms with Crippen molar-refractivity contribution in [3.05, 3.63) is 24.2 Å². The Hall–Kier alpha value is -2.42. The van der Waals surface area contributed by atoms with Gasteiger partial charge in [-0.05, 0) is 30.8 Å². The fraction of sp³-hybridized carbons (Fsp3) is 0.467. The van der Waals surface area contributed by atoms with Gasteiger partial charge in [0, 0.05) is 13.1 Å². The summed E-state index contributed by atoms with van der Waals surface area (Å²) in [7, 11) is 0. The van der Waals surface area contributed by atoms with Crippen molar-refractivity contribution < 1.29 is 23.5 Å². The van der Waals surface area contributed by atoms with Gasteiger partial charge in [0.2, 0.25) is 5.91 Å². The van der Waals surface area contributed by atoms with E-state index in [2.05, 4.69) is 10.6 Å². The van der Waals surface area contributed by atoms with Crippen LogP contribution < -0.4 is 10.6 Å². The summed E-state index contributed by atoms with van der Waals surface area (Å²) in [5.74, 6) is -1.21. The lowest BCUT2D eigenvalue weighted by atomic mass is 10.1. The minimum absolute atomic E-state index is 0.0690. The summed E-state index contributed by atoms with van der Waals surface area (Å²) < 4.78 is 10.0. The van der Waals surface area contributed by atoms with Gasteiger partial charge in [0.05, 0.1) is 19.3 Å². The highest BCUT2D eigenvalue weighted by Crippen LogP contribution is 2.11. The van der Waals surface area contributed by atoms with Crippen LogP contribution in [-0.4, -0.2) is 53.5 Å². The minimum atomic E-state index is -0.812. The van der Waals surface area contributed by atoms with Gasteiger partial charge in [0.15, 0.2) is 10.9 Å². The van der Waals surface area contributed by atoms with Crippen LogP contribution in [0.25, 0.3) is 0 Å². The van der Waals surface area contributed by atoms with Gasteiger partial charge < -0.3 is 19.4 Å². The molecule has 1 aromatic heterocycles. The molecule has 0 bridgehead atoms. The third kappa shape index (κ3) is 4.54. The van der Waals surface area contributed by atoms with Gasteiger partial charge in [0.25, 0.3) is 5.91 Å². The Labute approximate surface area is 144 Å². The topological polar surface area (TPSA) is 101 Å². The smallest absolute Gasteiger partial charge is 0.308 e. The summed E-state index contributed by atoms with van der Waals surface area (Å²) >= 11 is 5.21. The molecule has 2 amide bonds. The molecule has 0 unspecified atom stereocenters. The molecule has 24 heavy (non-hydrogen) atoms. The number of carbonyl (C=O) groups is 3. The number of hydrogen-bond donors (Lipinski definition) is 2. The van der Waals surface area contributed by atoms with E-state index in [9.17, 15) is 14.4 Å². The number of nitrogens with one attached hydrogen (secondary N) is 2. The van der Waals surface area contributed by atoms with Crippen molar-refractivity contribution in [2.75, 3.05) is 19.7 Å². The van der Waals surface area contributed by atoms with E-state index in [1.807, 2.05) is 6.92 Å². The molecule has 0 aromatic carbocycles. The standard InChI is InChI=1S/C15H19N3O5S/c1-2-7-23-12(19)9-10-13(20)16-5-6-18(10)15(24)17-14(21)11-4-3-8-22-11/h3-4,8,10H,2,5-7,9H2,1H3,(H,16,20)(H,17,21,24)/t10-/m1/s1. The lowest BCUT2D eigenvalue weighted by molar-refractivity contribution is -0.147. The van der Waals surface area contributed by atoms with Gasteiger partial charge in [0.1, 0.15) is 6.04 Å². The highest BCUT2D eigenvalue weighted by Gasteiger charge is 2.34. The number of piperazine rings is 1. The van der Waals surface area contributed by atoms with Crippen LogP contribution in [0.15, 0.2) is 22.8 Å². The van der Waals surface area contributed by atoms with Crippen LogP contribution in [0.1, 0.15) is 30.3 Å². The second kappa shape index (κ2) is 8.44. The molecule has 1 saturated heterocycles. The number of carbonyl (C=O) groups excluding carboxylic acids is 3. The maximum absolute atomic E-state index is 12.1. The van der Waals surface area contributed by atoms with Gasteiger partial charge in [-0.3, -0.25) is 19.7 Å². The first-order valence-corrected chi connectivity index (χ1v) is 8.02. The molecule has 2 heterocycles. The van der Waals surface area contributed by atoms with Gasteiger partial charge >= 0.3 is 5.97 Å². The first-order valence-electron chi connectivity index (χ1n) is 7.61. The molecule has 1 aliphatic rings. The highest BCUT2D eigenvalue weighted by molar-refractivity contribution is 7.80. The summed E-state index contributed by atoms with van der Waals surface area (Å²) in [5, 5.41) is 5.26. The Balaban J connectivity index is 2.01. The van der Waals surface area contributed by atoms with Crippen molar-refractivity contribution in [2.45, 2.75) is 25.8 Å². The van der Waals surface area contributed by atoms with Crippen LogP contribution >= 0.6 is 12.2 Å². The molecule has 0 spiro atoms. The molecular weight excluding hydrogens is 334 g/mol. The predicted octanol–water partition coefficient (Wildman–Crippen LogP) is 0.438. The van der Waals surface area contributed by atoms with Gasteiger partial charge in [-0.1, -0.05) is 6.92 Å². The summed E-state index contributed by atoms with van der Waals surface area (Å²) in [6.07, 6.45) is 1.94. The molecule has 0 saturated carbocycles. The lowest BCUT2D eigenvalue weighted by Crippen LogP contribution is -2.60. The number of nitrogens with zero attached hydrogens (tertiary/aromatic N) is 1. The van der Waals surface area contributed by atoms with Crippen molar-refractivity contribution in [1.82, 2.24) is 15.5 Å². The molecule has 1 aromatic rings. The van der Waals surface area contributed by atoms with E-state index in [1.165, 1.54) is 17.2 Å². The Morgan fingerprint density at radius 2 is 2.33 bits per heavy atom. The third-order valence-corrected chi connectivity index (χ3v) is 3.72. The molecule has 1 aliphatic heterocycles. The van der Waals surface area contributed by atoms with E-state index in [4.69, 9.17) is 21.4 Å². The fourth-order valence-electron chi connectivity index (χ4n) is 2.23. The SMILES string of the molecule is CCCOC(=O)C[C@@H]1C(=O)NCCN1C(=S)NC(=O)c1ccco1. The quantitative estimate of drug-likeness (QED) is 0.585. The Morgan fingerprint density at radius 3 is 3.00 bits per heavy atom. The molecule has 2 rings (SSSR count). The predicted molar refractivity (Wildman–Crippen MR) is 88.1 cm³/mol. The van der Waals surface area contributed by atoms with Crippen molar-refractivity contribution >= 4 is 35.1 Å². The van der Waals surface area contributed by atoms with E-state index in [0.717, 1.165) is 0 Å². The van der Waals surface area contributed by atoms with Crippen molar-refractivity contribution in [3.63, 3.8) is 0 Å². The average molecular weight is 353 g/mol. The highest BCUT2D eigenvalue weighted by atomic mass is 32.1. The fourth-order valence-corrected chi connectivity index (χ4v) is 2.54. The molecular formula is C15H19N3O5S. The van der Waals surface area contributed by atoms with E-state index >= 15 is 0 Å². The summed E-state index contributed by atoms with van der Waals surface area (Å²) in [5.41, 5.74) is 0. The summed E-state index contributed by atoms with van der Waals surface area (Å²) in [6, 6.07) is 2.27. The second-order valence-electron chi connectivity index (χ2n) is 5.16. The number of amides is 2.